The summed E-state index contributed by atoms with van der Waals surface area (Å²) in [7, 11) is 0. The summed E-state index contributed by atoms with van der Waals surface area (Å²) in [4.78, 5) is 12.2. The molecule has 0 bridgehead atoms. The van der Waals surface area contributed by atoms with E-state index in [1.807, 2.05) is 12.1 Å². The molecule has 2 aromatic carbocycles. The molecule has 3 nitrogen and oxygen atoms in total. The lowest BCUT2D eigenvalue weighted by Crippen LogP contribution is -2.21. The highest BCUT2D eigenvalue weighted by Gasteiger charge is 2.31. The third kappa shape index (κ3) is 2.15. The van der Waals surface area contributed by atoms with E-state index in [1.54, 1.807) is 6.07 Å². The minimum absolute atomic E-state index is 0.131. The first-order chi connectivity index (χ1) is 10.7. The molecule has 2 aromatic rings. The number of amides is 1. The van der Waals surface area contributed by atoms with Gasteiger partial charge in [-0.15, -0.1) is 0 Å². The zero-order valence-corrected chi connectivity index (χ0v) is 12.2. The van der Waals surface area contributed by atoms with Crippen LogP contribution in [0.5, 0.6) is 0 Å². The molecule has 112 valence electrons. The molecule has 1 atom stereocenters. The van der Waals surface area contributed by atoms with Crippen molar-refractivity contribution in [3.05, 3.63) is 58.9 Å². The lowest BCUT2D eigenvalue weighted by Gasteiger charge is -2.22. The Balaban J connectivity index is 1.70. The lowest BCUT2D eigenvalue weighted by atomic mass is 9.90. The smallest absolute Gasteiger partial charge is 0.251 e. The summed E-state index contributed by atoms with van der Waals surface area (Å²) in [6.45, 7) is 0. The fraction of sp³-hybridized carbons (Fsp3) is 0.278. The zero-order valence-electron chi connectivity index (χ0n) is 12.2. The average Bonchev–Trinajstić information content (AvgIpc) is 2.83. The van der Waals surface area contributed by atoms with Gasteiger partial charge in [-0.05, 0) is 61.1 Å². The normalized spacial score (nSPS) is 19.3. The molecule has 0 fully saturated rings. The van der Waals surface area contributed by atoms with Crippen LogP contribution in [0.15, 0.2) is 36.4 Å². The quantitative estimate of drug-likeness (QED) is 0.885. The number of carbonyl (C=O) groups excluding carboxylic acids is 1. The van der Waals surface area contributed by atoms with E-state index >= 15 is 0 Å². The topological polar surface area (TPSA) is 41.1 Å². The summed E-state index contributed by atoms with van der Waals surface area (Å²) in [5, 5.41) is 6.13. The van der Waals surface area contributed by atoms with Crippen molar-refractivity contribution in [2.24, 2.45) is 0 Å². The van der Waals surface area contributed by atoms with Gasteiger partial charge < -0.3 is 10.6 Å². The molecule has 1 unspecified atom stereocenters. The Bertz CT molecular complexity index is 757. The number of carbonyl (C=O) groups is 1. The van der Waals surface area contributed by atoms with E-state index < -0.39 is 6.04 Å². The molecular weight excluding hydrogens is 279 g/mol. The number of fused-ring (bicyclic) bond motifs is 2. The fourth-order valence-electron chi connectivity index (χ4n) is 3.45. The number of halogens is 1. The Morgan fingerprint density at radius 3 is 2.91 bits per heavy atom. The number of hydrogen-bond donors (Lipinski definition) is 2. The van der Waals surface area contributed by atoms with Gasteiger partial charge >= 0.3 is 0 Å². The first kappa shape index (κ1) is 13.3. The maximum absolute atomic E-state index is 13.5. The van der Waals surface area contributed by atoms with E-state index in [0.717, 1.165) is 18.5 Å². The molecule has 1 heterocycles. The van der Waals surface area contributed by atoms with Gasteiger partial charge in [-0.25, -0.2) is 4.39 Å². The van der Waals surface area contributed by atoms with Crippen molar-refractivity contribution in [1.29, 1.82) is 0 Å². The Kier molecular flexibility index (Phi) is 3.10. The van der Waals surface area contributed by atoms with Gasteiger partial charge in [0.15, 0.2) is 0 Å². The Morgan fingerprint density at radius 1 is 1.14 bits per heavy atom. The van der Waals surface area contributed by atoms with E-state index in [9.17, 15) is 9.18 Å². The first-order valence-electron chi connectivity index (χ1n) is 7.70. The van der Waals surface area contributed by atoms with Gasteiger partial charge in [-0.3, -0.25) is 4.79 Å². The van der Waals surface area contributed by atoms with E-state index in [2.05, 4.69) is 16.7 Å². The molecule has 0 radical (unpaired) electrons. The van der Waals surface area contributed by atoms with Crippen LogP contribution in [0, 0.1) is 5.82 Å². The van der Waals surface area contributed by atoms with Gasteiger partial charge in [0.05, 0.1) is 0 Å². The van der Waals surface area contributed by atoms with Gasteiger partial charge in [0.2, 0.25) is 0 Å². The van der Waals surface area contributed by atoms with Gasteiger partial charge in [0.1, 0.15) is 11.9 Å². The van der Waals surface area contributed by atoms with Crippen LogP contribution >= 0.6 is 0 Å². The Morgan fingerprint density at radius 2 is 2.00 bits per heavy atom. The number of rotatable bonds is 2. The van der Waals surface area contributed by atoms with Crippen molar-refractivity contribution < 1.29 is 9.18 Å². The molecule has 1 aliphatic carbocycles. The maximum Gasteiger partial charge on any atom is 0.251 e. The SMILES string of the molecule is O=C1Nc2ccc(F)cc2C1Nc1cccc2c1CCCC2. The van der Waals surface area contributed by atoms with Gasteiger partial charge in [0, 0.05) is 16.9 Å². The summed E-state index contributed by atoms with van der Waals surface area (Å²) in [5.41, 5.74) is 5.02. The third-order valence-electron chi connectivity index (χ3n) is 4.54. The number of aryl methyl sites for hydroxylation is 1. The monoisotopic (exact) mass is 296 g/mol. The molecule has 22 heavy (non-hydrogen) atoms. The van der Waals surface area contributed by atoms with Crippen LogP contribution in [0.25, 0.3) is 0 Å². The van der Waals surface area contributed by atoms with E-state index in [4.69, 9.17) is 0 Å². The number of hydrogen-bond acceptors (Lipinski definition) is 2. The Hall–Kier alpha value is -2.36. The van der Waals surface area contributed by atoms with E-state index in [-0.39, 0.29) is 11.7 Å². The summed E-state index contributed by atoms with van der Waals surface area (Å²) < 4.78 is 13.5. The van der Waals surface area contributed by atoms with Crippen LogP contribution in [0.4, 0.5) is 15.8 Å². The molecule has 0 saturated heterocycles. The van der Waals surface area contributed by atoms with Crippen molar-refractivity contribution in [3.8, 4) is 0 Å². The molecule has 2 N–H and O–H groups in total. The second-order valence-corrected chi connectivity index (χ2v) is 5.95. The highest BCUT2D eigenvalue weighted by molar-refractivity contribution is 6.04. The number of benzene rings is 2. The molecule has 0 aromatic heterocycles. The summed E-state index contributed by atoms with van der Waals surface area (Å²) in [6.07, 6.45) is 4.51. The Labute approximate surface area is 128 Å². The highest BCUT2D eigenvalue weighted by atomic mass is 19.1. The van der Waals surface area contributed by atoms with Gasteiger partial charge in [0.25, 0.3) is 5.91 Å². The molecule has 4 heteroatoms. The van der Waals surface area contributed by atoms with Crippen LogP contribution in [0.2, 0.25) is 0 Å². The van der Waals surface area contributed by atoms with Crippen LogP contribution in [0.3, 0.4) is 0 Å². The first-order valence-corrected chi connectivity index (χ1v) is 7.70. The minimum Gasteiger partial charge on any atom is -0.370 e. The summed E-state index contributed by atoms with van der Waals surface area (Å²) in [6, 6.07) is 10.1. The second-order valence-electron chi connectivity index (χ2n) is 5.95. The molecule has 4 rings (SSSR count). The van der Waals surface area contributed by atoms with Crippen LogP contribution in [0.1, 0.15) is 35.6 Å². The predicted molar refractivity (Wildman–Crippen MR) is 84.5 cm³/mol. The van der Waals surface area contributed by atoms with E-state index in [0.29, 0.717) is 11.3 Å². The van der Waals surface area contributed by atoms with Crippen molar-refractivity contribution in [2.75, 3.05) is 10.6 Å². The largest absolute Gasteiger partial charge is 0.370 e. The number of nitrogens with one attached hydrogen (secondary N) is 2. The zero-order chi connectivity index (χ0) is 15.1. The van der Waals surface area contributed by atoms with Crippen LogP contribution in [-0.4, -0.2) is 5.91 Å². The molecule has 1 aliphatic heterocycles. The van der Waals surface area contributed by atoms with Gasteiger partial charge in [-0.2, -0.15) is 0 Å². The maximum atomic E-state index is 13.5. The molecule has 1 amide bonds. The van der Waals surface area contributed by atoms with Gasteiger partial charge in [-0.1, -0.05) is 12.1 Å². The summed E-state index contributed by atoms with van der Waals surface area (Å²) in [5.74, 6) is -0.453. The second kappa shape index (κ2) is 5.13. The molecule has 0 saturated carbocycles. The number of anilines is 2. The standard InChI is InChI=1S/C18H17FN2O/c19-12-8-9-16-14(10-12)17(18(22)21-16)20-15-7-3-5-11-4-1-2-6-13(11)15/h3,5,7-10,17,20H,1-2,4,6H2,(H,21,22). The molecule has 2 aliphatic rings. The molecule has 0 spiro atoms. The van der Waals surface area contributed by atoms with Crippen molar-refractivity contribution in [1.82, 2.24) is 0 Å². The van der Waals surface area contributed by atoms with Crippen LogP contribution in [-0.2, 0) is 17.6 Å². The van der Waals surface area contributed by atoms with Crippen LogP contribution < -0.4 is 10.6 Å². The van der Waals surface area contributed by atoms with Crippen molar-refractivity contribution in [2.45, 2.75) is 31.7 Å². The minimum atomic E-state index is -0.529. The predicted octanol–water partition coefficient (Wildman–Crippen LogP) is 3.81. The highest BCUT2D eigenvalue weighted by Crippen LogP contribution is 2.36. The van der Waals surface area contributed by atoms with E-state index in [1.165, 1.54) is 36.1 Å². The lowest BCUT2D eigenvalue weighted by molar-refractivity contribution is -0.116. The summed E-state index contributed by atoms with van der Waals surface area (Å²) >= 11 is 0. The third-order valence-corrected chi connectivity index (χ3v) is 4.54. The average molecular weight is 296 g/mol. The fourth-order valence-corrected chi connectivity index (χ4v) is 3.45. The molecular formula is C18H17FN2O. The van der Waals surface area contributed by atoms with Crippen molar-refractivity contribution >= 4 is 17.3 Å². The van der Waals surface area contributed by atoms with Crippen molar-refractivity contribution in [3.63, 3.8) is 0 Å².